The molecule has 24 heavy (non-hydrogen) atoms. The van der Waals surface area contributed by atoms with Crippen molar-refractivity contribution >= 4 is 11.1 Å². The van der Waals surface area contributed by atoms with Crippen molar-refractivity contribution in [2.45, 2.75) is 13.5 Å². The molecule has 6 nitrogen and oxygen atoms in total. The number of aryl methyl sites for hydroxylation is 1. The molecule has 2 aromatic carbocycles. The van der Waals surface area contributed by atoms with E-state index in [0.717, 1.165) is 0 Å². The Kier molecular flexibility index (Phi) is 3.26. The van der Waals surface area contributed by atoms with Crippen LogP contribution in [-0.2, 0) is 6.54 Å². The molecule has 0 aliphatic heterocycles. The van der Waals surface area contributed by atoms with Gasteiger partial charge >= 0.3 is 5.76 Å². The molecule has 0 amide bonds. The Morgan fingerprint density at radius 2 is 2.04 bits per heavy atom. The summed E-state index contributed by atoms with van der Waals surface area (Å²) in [4.78, 5) is 16.0. The number of aromatic nitrogens is 3. The highest BCUT2D eigenvalue weighted by Crippen LogP contribution is 2.25. The summed E-state index contributed by atoms with van der Waals surface area (Å²) >= 11 is 0. The third-order valence-corrected chi connectivity index (χ3v) is 3.74. The number of halogens is 1. The lowest BCUT2D eigenvalue weighted by molar-refractivity contribution is 0.432. The van der Waals surface area contributed by atoms with Crippen LogP contribution in [0.1, 0.15) is 6.92 Å². The highest BCUT2D eigenvalue weighted by atomic mass is 19.1. The molecule has 4 aromatic rings. The Hall–Kier alpha value is -3.22. The van der Waals surface area contributed by atoms with E-state index < -0.39 is 5.76 Å². The Balaban J connectivity index is 1.77. The van der Waals surface area contributed by atoms with Crippen molar-refractivity contribution in [2.75, 3.05) is 0 Å². The molecular formula is C17H12FN3O3. The summed E-state index contributed by atoms with van der Waals surface area (Å²) in [5.74, 6) is -0.227. The second-order valence-corrected chi connectivity index (χ2v) is 5.23. The van der Waals surface area contributed by atoms with Gasteiger partial charge in [0.15, 0.2) is 5.58 Å². The Labute approximate surface area is 135 Å². The molecular weight excluding hydrogens is 313 g/mol. The molecule has 4 rings (SSSR count). The number of hydrogen-bond acceptors (Lipinski definition) is 5. The van der Waals surface area contributed by atoms with Crippen molar-refractivity contribution in [3.63, 3.8) is 0 Å². The maximum absolute atomic E-state index is 13.3. The molecule has 0 atom stereocenters. The first kappa shape index (κ1) is 14.4. The van der Waals surface area contributed by atoms with E-state index in [1.807, 2.05) is 6.92 Å². The molecule has 7 heteroatoms. The molecule has 0 aliphatic rings. The van der Waals surface area contributed by atoms with Gasteiger partial charge in [-0.25, -0.2) is 9.18 Å². The minimum absolute atomic E-state index is 0.220. The van der Waals surface area contributed by atoms with Crippen LogP contribution in [0.4, 0.5) is 4.39 Å². The average molecular weight is 325 g/mol. The molecule has 0 bridgehead atoms. The maximum atomic E-state index is 13.3. The van der Waals surface area contributed by atoms with Crippen LogP contribution in [0.5, 0.6) is 0 Å². The molecule has 0 N–H and O–H groups in total. The Morgan fingerprint density at radius 3 is 2.83 bits per heavy atom. The van der Waals surface area contributed by atoms with Gasteiger partial charge in [-0.1, -0.05) is 11.2 Å². The zero-order chi connectivity index (χ0) is 16.7. The summed E-state index contributed by atoms with van der Waals surface area (Å²) in [5.41, 5.74) is 2.31. The monoisotopic (exact) mass is 325 g/mol. The zero-order valence-electron chi connectivity index (χ0n) is 12.7. The van der Waals surface area contributed by atoms with E-state index in [1.54, 1.807) is 30.3 Å². The van der Waals surface area contributed by atoms with E-state index in [-0.39, 0.29) is 11.7 Å². The summed E-state index contributed by atoms with van der Waals surface area (Å²) in [6.07, 6.45) is 0. The maximum Gasteiger partial charge on any atom is 0.419 e. The second kappa shape index (κ2) is 5.45. The number of hydrogen-bond donors (Lipinski definition) is 0. The molecule has 0 aliphatic carbocycles. The first-order chi connectivity index (χ1) is 11.7. The summed E-state index contributed by atoms with van der Waals surface area (Å²) < 4.78 is 25.3. The van der Waals surface area contributed by atoms with Gasteiger partial charge in [0, 0.05) is 17.7 Å². The van der Waals surface area contributed by atoms with Gasteiger partial charge in [-0.2, -0.15) is 4.98 Å². The van der Waals surface area contributed by atoms with Crippen molar-refractivity contribution < 1.29 is 13.3 Å². The van der Waals surface area contributed by atoms with Crippen LogP contribution >= 0.6 is 0 Å². The third kappa shape index (κ3) is 2.30. The summed E-state index contributed by atoms with van der Waals surface area (Å²) in [5, 5.41) is 3.91. The van der Waals surface area contributed by atoms with Crippen molar-refractivity contribution in [3.05, 3.63) is 58.8 Å². The lowest BCUT2D eigenvalue weighted by Gasteiger charge is -1.97. The predicted molar refractivity (Wildman–Crippen MR) is 84.8 cm³/mol. The zero-order valence-corrected chi connectivity index (χ0v) is 12.7. The smallest absolute Gasteiger partial charge is 0.408 e. The number of nitrogens with zero attached hydrogens (tertiary/aromatic N) is 3. The van der Waals surface area contributed by atoms with E-state index in [9.17, 15) is 9.18 Å². The lowest BCUT2D eigenvalue weighted by atomic mass is 10.2. The van der Waals surface area contributed by atoms with Gasteiger partial charge in [0.1, 0.15) is 5.82 Å². The van der Waals surface area contributed by atoms with Gasteiger partial charge < -0.3 is 8.94 Å². The second-order valence-electron chi connectivity index (χ2n) is 5.23. The van der Waals surface area contributed by atoms with Crippen molar-refractivity contribution in [1.82, 2.24) is 14.7 Å². The van der Waals surface area contributed by atoms with E-state index in [0.29, 0.717) is 34.6 Å². The van der Waals surface area contributed by atoms with E-state index in [2.05, 4.69) is 10.1 Å². The Bertz CT molecular complexity index is 1090. The normalized spacial score (nSPS) is 11.2. The fraction of sp³-hybridized carbons (Fsp3) is 0.118. The van der Waals surface area contributed by atoms with Gasteiger partial charge in [-0.15, -0.1) is 0 Å². The lowest BCUT2D eigenvalue weighted by Crippen LogP contribution is -2.11. The minimum Gasteiger partial charge on any atom is -0.408 e. The standard InChI is InChI=1S/C17H12FN3O3/c1-2-21-13-7-6-10(9-14(13)23-17(21)22)15-19-16(24-20-15)11-4-3-5-12(18)8-11/h3-9H,2H2,1H3. The predicted octanol–water partition coefficient (Wildman–Crippen LogP) is 3.47. The van der Waals surface area contributed by atoms with Gasteiger partial charge in [0.05, 0.1) is 5.52 Å². The van der Waals surface area contributed by atoms with Crippen LogP contribution in [-0.4, -0.2) is 14.7 Å². The third-order valence-electron chi connectivity index (χ3n) is 3.74. The highest BCUT2D eigenvalue weighted by molar-refractivity contribution is 5.79. The fourth-order valence-corrected chi connectivity index (χ4v) is 2.58. The molecule has 0 radical (unpaired) electrons. The molecule has 120 valence electrons. The molecule has 0 unspecified atom stereocenters. The molecule has 2 heterocycles. The molecule has 2 aromatic heterocycles. The van der Waals surface area contributed by atoms with Gasteiger partial charge in [-0.3, -0.25) is 4.57 Å². The summed E-state index contributed by atoms with van der Waals surface area (Å²) in [6, 6.07) is 11.2. The largest absolute Gasteiger partial charge is 0.419 e. The fourth-order valence-electron chi connectivity index (χ4n) is 2.58. The van der Waals surface area contributed by atoms with E-state index >= 15 is 0 Å². The quantitative estimate of drug-likeness (QED) is 0.576. The Morgan fingerprint density at radius 1 is 1.17 bits per heavy atom. The van der Waals surface area contributed by atoms with Gasteiger partial charge in [-0.05, 0) is 43.3 Å². The highest BCUT2D eigenvalue weighted by Gasteiger charge is 2.14. The molecule has 0 fully saturated rings. The molecule has 0 saturated carbocycles. The van der Waals surface area contributed by atoms with Crippen LogP contribution in [0.15, 0.2) is 56.2 Å². The van der Waals surface area contributed by atoms with E-state index in [4.69, 9.17) is 8.94 Å². The number of benzene rings is 2. The molecule has 0 spiro atoms. The van der Waals surface area contributed by atoms with Crippen LogP contribution in [0.2, 0.25) is 0 Å². The van der Waals surface area contributed by atoms with Crippen molar-refractivity contribution in [1.29, 1.82) is 0 Å². The van der Waals surface area contributed by atoms with E-state index in [1.165, 1.54) is 16.7 Å². The van der Waals surface area contributed by atoms with Gasteiger partial charge in [0.2, 0.25) is 5.82 Å². The SMILES string of the molecule is CCn1c(=O)oc2cc(-c3noc(-c4cccc(F)c4)n3)ccc21. The van der Waals surface area contributed by atoms with Crippen molar-refractivity contribution in [2.24, 2.45) is 0 Å². The molecule has 0 saturated heterocycles. The first-order valence-corrected chi connectivity index (χ1v) is 7.39. The van der Waals surface area contributed by atoms with Crippen LogP contribution in [0.25, 0.3) is 33.9 Å². The van der Waals surface area contributed by atoms with Crippen LogP contribution in [0.3, 0.4) is 0 Å². The van der Waals surface area contributed by atoms with Crippen LogP contribution < -0.4 is 5.76 Å². The minimum atomic E-state index is -0.404. The first-order valence-electron chi connectivity index (χ1n) is 7.39. The number of fused-ring (bicyclic) bond motifs is 1. The summed E-state index contributed by atoms with van der Waals surface area (Å²) in [7, 11) is 0. The average Bonchev–Trinajstić information content (AvgIpc) is 3.17. The number of oxazole rings is 1. The van der Waals surface area contributed by atoms with Crippen molar-refractivity contribution in [3.8, 4) is 22.8 Å². The van der Waals surface area contributed by atoms with Gasteiger partial charge in [0.25, 0.3) is 5.89 Å². The van der Waals surface area contributed by atoms with Crippen LogP contribution in [0, 0.1) is 5.82 Å². The summed E-state index contributed by atoms with van der Waals surface area (Å²) in [6.45, 7) is 2.39. The number of rotatable bonds is 3. The topological polar surface area (TPSA) is 74.1 Å².